The van der Waals surface area contributed by atoms with Gasteiger partial charge in [-0.2, -0.15) is 0 Å². The van der Waals surface area contributed by atoms with Gasteiger partial charge in [0.2, 0.25) is 5.91 Å². The van der Waals surface area contributed by atoms with Gasteiger partial charge in [0.25, 0.3) is 0 Å². The minimum Gasteiger partial charge on any atom is -0.464 e. The van der Waals surface area contributed by atoms with Gasteiger partial charge in [-0.05, 0) is 32.1 Å². The van der Waals surface area contributed by atoms with Crippen molar-refractivity contribution in [3.63, 3.8) is 0 Å². The zero-order valence-corrected chi connectivity index (χ0v) is 18.0. The van der Waals surface area contributed by atoms with Gasteiger partial charge in [0.1, 0.15) is 6.04 Å². The third kappa shape index (κ3) is 13.8. The van der Waals surface area contributed by atoms with Crippen LogP contribution in [0, 0.1) is 0 Å². The zero-order valence-electron chi connectivity index (χ0n) is 18.0. The molecule has 162 valence electrons. The standard InChI is InChI=1S/C23H42N2O3/c1-2-3-4-5-6-7-8-9-10-11-12-13-14-15-16-17-18-28-23(27)21-19-25-22(26)20-24-21/h9-10,21,24H,2-8,11-20H2,1H3,(H,25,26). The highest BCUT2D eigenvalue weighted by Crippen LogP contribution is 2.10. The number of unbranched alkanes of at least 4 members (excludes halogenated alkanes) is 12. The maximum Gasteiger partial charge on any atom is 0.324 e. The van der Waals surface area contributed by atoms with Crippen LogP contribution in [0.3, 0.4) is 0 Å². The fourth-order valence-electron chi connectivity index (χ4n) is 3.36. The molecule has 0 bridgehead atoms. The highest BCUT2D eigenvalue weighted by Gasteiger charge is 2.24. The highest BCUT2D eigenvalue weighted by molar-refractivity contribution is 5.83. The quantitative estimate of drug-likeness (QED) is 0.214. The number of nitrogens with one attached hydrogen (secondary N) is 2. The van der Waals surface area contributed by atoms with E-state index in [4.69, 9.17) is 4.74 Å². The number of hydrogen-bond acceptors (Lipinski definition) is 4. The first-order chi connectivity index (χ1) is 13.7. The van der Waals surface area contributed by atoms with Crippen LogP contribution in [0.25, 0.3) is 0 Å². The molecule has 1 saturated heterocycles. The van der Waals surface area contributed by atoms with Crippen molar-refractivity contribution in [2.24, 2.45) is 0 Å². The lowest BCUT2D eigenvalue weighted by Crippen LogP contribution is -2.55. The van der Waals surface area contributed by atoms with Crippen molar-refractivity contribution in [3.05, 3.63) is 12.2 Å². The molecule has 5 heteroatoms. The monoisotopic (exact) mass is 394 g/mol. The Kier molecular flexibility index (Phi) is 15.6. The Morgan fingerprint density at radius 3 is 2.07 bits per heavy atom. The third-order valence-corrected chi connectivity index (χ3v) is 5.20. The van der Waals surface area contributed by atoms with E-state index in [1.807, 2.05) is 0 Å². The number of ether oxygens (including phenoxy) is 1. The largest absolute Gasteiger partial charge is 0.464 e. The van der Waals surface area contributed by atoms with Crippen LogP contribution in [-0.2, 0) is 14.3 Å². The van der Waals surface area contributed by atoms with Crippen LogP contribution in [0.2, 0.25) is 0 Å². The van der Waals surface area contributed by atoms with Crippen LogP contribution in [0.15, 0.2) is 12.2 Å². The minimum atomic E-state index is -0.396. The van der Waals surface area contributed by atoms with Gasteiger partial charge >= 0.3 is 5.97 Å². The molecular formula is C23H42N2O3. The smallest absolute Gasteiger partial charge is 0.324 e. The summed E-state index contributed by atoms with van der Waals surface area (Å²) in [5.74, 6) is -0.329. The maximum atomic E-state index is 11.8. The van der Waals surface area contributed by atoms with Crippen LogP contribution >= 0.6 is 0 Å². The number of rotatable bonds is 17. The topological polar surface area (TPSA) is 67.4 Å². The number of hydrogen-bond donors (Lipinski definition) is 2. The van der Waals surface area contributed by atoms with Gasteiger partial charge in [-0.15, -0.1) is 0 Å². The fraction of sp³-hybridized carbons (Fsp3) is 0.826. The first-order valence-electron chi connectivity index (χ1n) is 11.6. The Morgan fingerprint density at radius 2 is 1.50 bits per heavy atom. The summed E-state index contributed by atoms with van der Waals surface area (Å²) in [6.45, 7) is 3.25. The molecule has 28 heavy (non-hydrogen) atoms. The lowest BCUT2D eigenvalue weighted by Gasteiger charge is -2.22. The number of allylic oxidation sites excluding steroid dienone is 2. The van der Waals surface area contributed by atoms with E-state index >= 15 is 0 Å². The van der Waals surface area contributed by atoms with E-state index in [2.05, 4.69) is 29.7 Å². The van der Waals surface area contributed by atoms with Gasteiger partial charge in [0, 0.05) is 6.54 Å². The molecule has 0 aromatic heterocycles. The van der Waals surface area contributed by atoms with E-state index in [0.29, 0.717) is 13.2 Å². The van der Waals surface area contributed by atoms with Crippen LogP contribution < -0.4 is 10.6 Å². The molecule has 1 amide bonds. The van der Waals surface area contributed by atoms with Crippen molar-refractivity contribution in [2.75, 3.05) is 19.7 Å². The summed E-state index contributed by atoms with van der Waals surface area (Å²) in [5, 5.41) is 5.55. The third-order valence-electron chi connectivity index (χ3n) is 5.20. The number of amides is 1. The molecule has 0 spiro atoms. The molecule has 0 aromatic rings. The molecule has 1 aliphatic rings. The summed E-state index contributed by atoms with van der Waals surface area (Å²) in [4.78, 5) is 22.9. The van der Waals surface area contributed by atoms with E-state index < -0.39 is 6.04 Å². The van der Waals surface area contributed by atoms with E-state index in [1.165, 1.54) is 77.0 Å². The van der Waals surface area contributed by atoms with Crippen LogP contribution in [0.5, 0.6) is 0 Å². The van der Waals surface area contributed by atoms with Gasteiger partial charge in [0.05, 0.1) is 13.2 Å². The molecule has 0 aliphatic carbocycles. The Balaban J connectivity index is 1.79. The predicted molar refractivity (Wildman–Crippen MR) is 115 cm³/mol. The molecule has 0 saturated carbocycles. The first-order valence-corrected chi connectivity index (χ1v) is 11.6. The van der Waals surface area contributed by atoms with Crippen molar-refractivity contribution < 1.29 is 14.3 Å². The van der Waals surface area contributed by atoms with E-state index in [9.17, 15) is 9.59 Å². The Hall–Kier alpha value is -1.36. The minimum absolute atomic E-state index is 0.0719. The zero-order chi connectivity index (χ0) is 20.3. The number of esters is 1. The summed E-state index contributed by atoms with van der Waals surface area (Å²) < 4.78 is 5.27. The van der Waals surface area contributed by atoms with Gasteiger partial charge in [0.15, 0.2) is 0 Å². The number of carbonyl (C=O) groups is 2. The van der Waals surface area contributed by atoms with E-state index in [-0.39, 0.29) is 18.4 Å². The van der Waals surface area contributed by atoms with Crippen molar-refractivity contribution in [3.8, 4) is 0 Å². The van der Waals surface area contributed by atoms with Crippen molar-refractivity contribution >= 4 is 11.9 Å². The van der Waals surface area contributed by atoms with Crippen LogP contribution in [0.1, 0.15) is 96.8 Å². The lowest BCUT2D eigenvalue weighted by atomic mass is 10.1. The van der Waals surface area contributed by atoms with Gasteiger partial charge in [-0.25, -0.2) is 0 Å². The average Bonchev–Trinajstić information content (AvgIpc) is 2.70. The molecule has 0 aromatic carbocycles. The molecule has 2 N–H and O–H groups in total. The summed E-state index contributed by atoms with van der Waals surface area (Å²) in [6, 6.07) is -0.396. The fourth-order valence-corrected chi connectivity index (χ4v) is 3.36. The van der Waals surface area contributed by atoms with Gasteiger partial charge in [-0.1, -0.05) is 76.9 Å². The summed E-state index contributed by atoms with van der Waals surface area (Å²) in [5.41, 5.74) is 0. The highest BCUT2D eigenvalue weighted by atomic mass is 16.5. The average molecular weight is 395 g/mol. The molecule has 1 heterocycles. The normalized spacial score (nSPS) is 17.0. The molecule has 5 nitrogen and oxygen atoms in total. The van der Waals surface area contributed by atoms with Crippen LogP contribution in [0.4, 0.5) is 0 Å². The van der Waals surface area contributed by atoms with E-state index in [0.717, 1.165) is 12.8 Å². The Morgan fingerprint density at radius 1 is 0.929 bits per heavy atom. The van der Waals surface area contributed by atoms with E-state index in [1.54, 1.807) is 0 Å². The molecule has 1 fully saturated rings. The first kappa shape index (κ1) is 24.7. The molecule has 1 rings (SSSR count). The number of piperazine rings is 1. The van der Waals surface area contributed by atoms with Crippen molar-refractivity contribution in [1.29, 1.82) is 0 Å². The summed E-state index contributed by atoms with van der Waals surface area (Å²) in [7, 11) is 0. The molecule has 0 radical (unpaired) electrons. The van der Waals surface area contributed by atoms with Gasteiger partial charge < -0.3 is 10.1 Å². The van der Waals surface area contributed by atoms with Crippen molar-refractivity contribution in [2.45, 2.75) is 103 Å². The summed E-state index contributed by atoms with van der Waals surface area (Å²) in [6.07, 6.45) is 22.5. The molecule has 1 aliphatic heterocycles. The second kappa shape index (κ2) is 17.7. The SMILES string of the molecule is CCCCCCCCC=CCCCCCCCCOC(=O)C1CNC(=O)CN1. The number of carbonyl (C=O) groups excluding carboxylic acids is 2. The molecule has 1 unspecified atom stereocenters. The lowest BCUT2D eigenvalue weighted by molar-refractivity contribution is -0.147. The van der Waals surface area contributed by atoms with Crippen molar-refractivity contribution in [1.82, 2.24) is 10.6 Å². The predicted octanol–water partition coefficient (Wildman–Crippen LogP) is 4.66. The second-order valence-corrected chi connectivity index (χ2v) is 7.84. The molecular weight excluding hydrogens is 352 g/mol. The second-order valence-electron chi connectivity index (χ2n) is 7.84. The van der Waals surface area contributed by atoms with Crippen LogP contribution in [-0.4, -0.2) is 37.6 Å². The van der Waals surface area contributed by atoms with Gasteiger partial charge in [-0.3, -0.25) is 14.9 Å². The maximum absolute atomic E-state index is 11.8. The Bertz CT molecular complexity index is 428. The Labute approximate surface area is 172 Å². The molecule has 1 atom stereocenters. The summed E-state index contributed by atoms with van der Waals surface area (Å²) >= 11 is 0.